The SMILES string of the molecule is CCN1C(=O)/C(=C\c2ccc3c(c2)OCO3)SC1=Nc1ccccc1. The molecular formula is C19H16N2O3S. The van der Waals surface area contributed by atoms with Crippen LogP contribution in [0.25, 0.3) is 6.08 Å². The van der Waals surface area contributed by atoms with E-state index in [-0.39, 0.29) is 12.7 Å². The minimum Gasteiger partial charge on any atom is -0.454 e. The first-order valence-corrected chi connectivity index (χ1v) is 8.81. The molecule has 0 bridgehead atoms. The van der Waals surface area contributed by atoms with Gasteiger partial charge in [0.25, 0.3) is 5.91 Å². The zero-order valence-corrected chi connectivity index (χ0v) is 14.5. The summed E-state index contributed by atoms with van der Waals surface area (Å²) < 4.78 is 10.7. The molecule has 0 radical (unpaired) electrons. The monoisotopic (exact) mass is 352 g/mol. The van der Waals surface area contributed by atoms with E-state index in [2.05, 4.69) is 4.99 Å². The van der Waals surface area contributed by atoms with Gasteiger partial charge in [-0.15, -0.1) is 0 Å². The van der Waals surface area contributed by atoms with E-state index < -0.39 is 0 Å². The molecule has 2 aromatic rings. The molecule has 2 heterocycles. The normalized spacial score (nSPS) is 19.2. The van der Waals surface area contributed by atoms with E-state index in [0.29, 0.717) is 22.4 Å². The number of carbonyl (C=O) groups excluding carboxylic acids is 1. The van der Waals surface area contributed by atoms with Crippen LogP contribution in [0.1, 0.15) is 12.5 Å². The highest BCUT2D eigenvalue weighted by atomic mass is 32.2. The number of carbonyl (C=O) groups is 1. The van der Waals surface area contributed by atoms with E-state index in [9.17, 15) is 4.79 Å². The fourth-order valence-corrected chi connectivity index (χ4v) is 3.70. The summed E-state index contributed by atoms with van der Waals surface area (Å²) in [6.45, 7) is 2.76. The first-order chi connectivity index (χ1) is 12.2. The Hall–Kier alpha value is -2.73. The molecule has 2 aromatic carbocycles. The van der Waals surface area contributed by atoms with Crippen LogP contribution in [-0.4, -0.2) is 29.3 Å². The van der Waals surface area contributed by atoms with Crippen LogP contribution >= 0.6 is 11.8 Å². The molecule has 0 aliphatic carbocycles. The Morgan fingerprint density at radius 2 is 1.96 bits per heavy atom. The third-order valence-electron chi connectivity index (χ3n) is 3.88. The first-order valence-electron chi connectivity index (χ1n) is 7.99. The summed E-state index contributed by atoms with van der Waals surface area (Å²) in [5.41, 5.74) is 1.73. The van der Waals surface area contributed by atoms with Gasteiger partial charge in [-0.1, -0.05) is 24.3 Å². The molecule has 0 atom stereocenters. The van der Waals surface area contributed by atoms with E-state index >= 15 is 0 Å². The smallest absolute Gasteiger partial charge is 0.266 e. The van der Waals surface area contributed by atoms with Gasteiger partial charge in [-0.2, -0.15) is 0 Å². The van der Waals surface area contributed by atoms with Crippen molar-refractivity contribution < 1.29 is 14.3 Å². The molecule has 0 N–H and O–H groups in total. The molecule has 0 saturated carbocycles. The predicted octanol–water partition coefficient (Wildman–Crippen LogP) is 4.04. The average molecular weight is 352 g/mol. The van der Waals surface area contributed by atoms with E-state index in [1.807, 2.05) is 61.5 Å². The highest BCUT2D eigenvalue weighted by Crippen LogP contribution is 2.36. The van der Waals surface area contributed by atoms with Crippen molar-refractivity contribution >= 4 is 34.6 Å². The fraction of sp³-hybridized carbons (Fsp3) is 0.158. The van der Waals surface area contributed by atoms with Gasteiger partial charge in [-0.3, -0.25) is 9.69 Å². The Morgan fingerprint density at radius 3 is 2.76 bits per heavy atom. The first kappa shape index (κ1) is 15.8. The van der Waals surface area contributed by atoms with Gasteiger partial charge in [0, 0.05) is 6.54 Å². The lowest BCUT2D eigenvalue weighted by Crippen LogP contribution is -2.28. The van der Waals surface area contributed by atoms with Gasteiger partial charge in [0.2, 0.25) is 6.79 Å². The van der Waals surface area contributed by atoms with E-state index in [1.54, 1.807) is 4.90 Å². The quantitative estimate of drug-likeness (QED) is 0.783. The third-order valence-corrected chi connectivity index (χ3v) is 4.89. The molecule has 0 unspecified atom stereocenters. The van der Waals surface area contributed by atoms with Crippen molar-refractivity contribution in [1.29, 1.82) is 0 Å². The van der Waals surface area contributed by atoms with Crippen LogP contribution in [-0.2, 0) is 4.79 Å². The van der Waals surface area contributed by atoms with Crippen molar-refractivity contribution in [2.45, 2.75) is 6.92 Å². The van der Waals surface area contributed by atoms with E-state index in [1.165, 1.54) is 11.8 Å². The maximum absolute atomic E-state index is 12.7. The van der Waals surface area contributed by atoms with Gasteiger partial charge in [-0.25, -0.2) is 4.99 Å². The number of benzene rings is 2. The molecular weight excluding hydrogens is 336 g/mol. The molecule has 2 aliphatic rings. The summed E-state index contributed by atoms with van der Waals surface area (Å²) in [6.07, 6.45) is 1.87. The maximum atomic E-state index is 12.7. The number of fused-ring (bicyclic) bond motifs is 1. The van der Waals surface area contributed by atoms with Crippen LogP contribution in [0, 0.1) is 0 Å². The van der Waals surface area contributed by atoms with E-state index in [0.717, 1.165) is 17.0 Å². The second-order valence-electron chi connectivity index (χ2n) is 5.50. The largest absolute Gasteiger partial charge is 0.454 e. The van der Waals surface area contributed by atoms with Crippen LogP contribution in [0.15, 0.2) is 58.4 Å². The van der Waals surface area contributed by atoms with Crippen LogP contribution < -0.4 is 9.47 Å². The summed E-state index contributed by atoms with van der Waals surface area (Å²) >= 11 is 1.39. The van der Waals surface area contributed by atoms with Gasteiger partial charge in [0.05, 0.1) is 10.6 Å². The van der Waals surface area contributed by atoms with Crippen molar-refractivity contribution in [2.24, 2.45) is 4.99 Å². The highest BCUT2D eigenvalue weighted by Gasteiger charge is 2.32. The Morgan fingerprint density at radius 1 is 1.16 bits per heavy atom. The lowest BCUT2D eigenvalue weighted by Gasteiger charge is -2.11. The van der Waals surface area contributed by atoms with Crippen LogP contribution in [0.4, 0.5) is 5.69 Å². The lowest BCUT2D eigenvalue weighted by molar-refractivity contribution is -0.122. The summed E-state index contributed by atoms with van der Waals surface area (Å²) in [5.74, 6) is 1.41. The van der Waals surface area contributed by atoms with Crippen LogP contribution in [0.2, 0.25) is 0 Å². The number of rotatable bonds is 3. The van der Waals surface area contributed by atoms with Gasteiger partial charge < -0.3 is 9.47 Å². The number of thioether (sulfide) groups is 1. The standard InChI is InChI=1S/C19H16N2O3S/c1-2-21-18(22)17(25-19(21)20-14-6-4-3-5-7-14)11-13-8-9-15-16(10-13)24-12-23-15/h3-11H,2,12H2,1H3/b17-11+,20-19?. The number of para-hydroxylation sites is 1. The number of hydrogen-bond acceptors (Lipinski definition) is 5. The van der Waals surface area contributed by atoms with Crippen molar-refractivity contribution in [2.75, 3.05) is 13.3 Å². The van der Waals surface area contributed by atoms with Crippen LogP contribution in [0.3, 0.4) is 0 Å². The number of amides is 1. The Kier molecular flexibility index (Phi) is 4.19. The number of ether oxygens (including phenoxy) is 2. The zero-order chi connectivity index (χ0) is 17.2. The topological polar surface area (TPSA) is 51.1 Å². The van der Waals surface area contributed by atoms with Crippen LogP contribution in [0.5, 0.6) is 11.5 Å². The molecule has 6 heteroatoms. The number of likely N-dealkylation sites (N-methyl/N-ethyl adjacent to an activating group) is 1. The second-order valence-corrected chi connectivity index (χ2v) is 6.51. The van der Waals surface area contributed by atoms with Gasteiger partial charge >= 0.3 is 0 Å². The molecule has 1 fully saturated rings. The molecule has 5 nitrogen and oxygen atoms in total. The summed E-state index contributed by atoms with van der Waals surface area (Å²) in [5, 5.41) is 0.700. The Bertz CT molecular complexity index is 877. The van der Waals surface area contributed by atoms with Crippen molar-refractivity contribution in [3.63, 3.8) is 0 Å². The predicted molar refractivity (Wildman–Crippen MR) is 99.1 cm³/mol. The molecule has 0 aromatic heterocycles. The van der Waals surface area contributed by atoms with Gasteiger partial charge in [0.1, 0.15) is 0 Å². The fourth-order valence-electron chi connectivity index (χ4n) is 2.64. The van der Waals surface area contributed by atoms with Crippen molar-refractivity contribution in [3.05, 3.63) is 59.0 Å². The Balaban J connectivity index is 1.65. The average Bonchev–Trinajstić information content (AvgIpc) is 3.20. The third kappa shape index (κ3) is 3.13. The minimum absolute atomic E-state index is 0.0279. The molecule has 25 heavy (non-hydrogen) atoms. The minimum atomic E-state index is -0.0279. The molecule has 2 aliphatic heterocycles. The molecule has 4 rings (SSSR count). The number of amidine groups is 1. The maximum Gasteiger partial charge on any atom is 0.266 e. The van der Waals surface area contributed by atoms with E-state index in [4.69, 9.17) is 9.47 Å². The summed E-state index contributed by atoms with van der Waals surface area (Å²) in [7, 11) is 0. The van der Waals surface area contributed by atoms with Gasteiger partial charge in [0.15, 0.2) is 16.7 Å². The molecule has 1 saturated heterocycles. The summed E-state index contributed by atoms with van der Waals surface area (Å²) in [4.78, 5) is 19.6. The molecule has 1 amide bonds. The number of hydrogen-bond donors (Lipinski definition) is 0. The highest BCUT2D eigenvalue weighted by molar-refractivity contribution is 8.18. The second kappa shape index (κ2) is 6.64. The Labute approximate surface area is 150 Å². The number of nitrogens with zero attached hydrogens (tertiary/aromatic N) is 2. The summed E-state index contributed by atoms with van der Waals surface area (Å²) in [6, 6.07) is 15.3. The van der Waals surface area contributed by atoms with Gasteiger partial charge in [-0.05, 0) is 54.6 Å². The number of aliphatic imine (C=N–C) groups is 1. The molecule has 0 spiro atoms. The van der Waals surface area contributed by atoms with Crippen molar-refractivity contribution in [3.8, 4) is 11.5 Å². The lowest BCUT2D eigenvalue weighted by atomic mass is 10.2. The van der Waals surface area contributed by atoms with Crippen molar-refractivity contribution in [1.82, 2.24) is 4.90 Å². The molecule has 126 valence electrons. The zero-order valence-electron chi connectivity index (χ0n) is 13.6.